The highest BCUT2D eigenvalue weighted by Gasteiger charge is 2.29. The second-order valence-electron chi connectivity index (χ2n) is 6.75. The first kappa shape index (κ1) is 17.7. The fraction of sp³-hybridized carbons (Fsp3) is 0.500. The average molecular weight is 363 g/mol. The molecule has 6 nitrogen and oxygen atoms in total. The Morgan fingerprint density at radius 2 is 2.28 bits per heavy atom. The summed E-state index contributed by atoms with van der Waals surface area (Å²) in [6.45, 7) is 7.03. The third-order valence-corrected chi connectivity index (χ3v) is 4.48. The van der Waals surface area contributed by atoms with E-state index in [1.165, 1.54) is 0 Å². The Kier molecular flexibility index (Phi) is 5.27. The predicted molar refractivity (Wildman–Crippen MR) is 95.6 cm³/mol. The Morgan fingerprint density at radius 3 is 3.00 bits per heavy atom. The number of hydrogen-bond acceptors (Lipinski definition) is 5. The molecule has 1 aliphatic carbocycles. The van der Waals surface area contributed by atoms with Crippen molar-refractivity contribution in [3.63, 3.8) is 0 Å². The van der Waals surface area contributed by atoms with Crippen molar-refractivity contribution in [2.45, 2.75) is 46.2 Å². The number of rotatable bonds is 6. The van der Waals surface area contributed by atoms with Crippen molar-refractivity contribution in [3.05, 3.63) is 46.2 Å². The molecule has 0 spiro atoms. The standard InChI is InChI=1S/C18H23ClN4O2/c1-4-23(10-16-21-17(25-22-16)7-11(2)3)18(24)15-9-12-8-13(19)5-6-14(12)20-15/h5,8-9,11,14,20H,4,6-7,10H2,1-3H3. The van der Waals surface area contributed by atoms with Gasteiger partial charge >= 0.3 is 0 Å². The van der Waals surface area contributed by atoms with Crippen LogP contribution in [0.5, 0.6) is 0 Å². The van der Waals surface area contributed by atoms with Crippen molar-refractivity contribution < 1.29 is 9.32 Å². The van der Waals surface area contributed by atoms with Crippen LogP contribution in [0.15, 0.2) is 39.1 Å². The first-order valence-corrected chi connectivity index (χ1v) is 9.00. The van der Waals surface area contributed by atoms with Gasteiger partial charge in [0.05, 0.1) is 12.6 Å². The fourth-order valence-corrected chi connectivity index (χ4v) is 3.16. The molecule has 2 aliphatic rings. The van der Waals surface area contributed by atoms with Gasteiger partial charge < -0.3 is 14.7 Å². The molecule has 0 fully saturated rings. The number of allylic oxidation sites excluding steroid dienone is 2. The molecule has 1 aromatic heterocycles. The summed E-state index contributed by atoms with van der Waals surface area (Å²) in [5, 5.41) is 7.99. The van der Waals surface area contributed by atoms with E-state index in [1.54, 1.807) is 4.90 Å². The summed E-state index contributed by atoms with van der Waals surface area (Å²) >= 11 is 6.05. The van der Waals surface area contributed by atoms with Crippen molar-refractivity contribution >= 4 is 17.5 Å². The monoisotopic (exact) mass is 362 g/mol. The minimum atomic E-state index is -0.0656. The summed E-state index contributed by atoms with van der Waals surface area (Å²) in [4.78, 5) is 18.9. The molecule has 0 radical (unpaired) electrons. The van der Waals surface area contributed by atoms with Gasteiger partial charge in [0, 0.05) is 18.0 Å². The summed E-state index contributed by atoms with van der Waals surface area (Å²) in [6.07, 6.45) is 7.26. The lowest BCUT2D eigenvalue weighted by molar-refractivity contribution is -0.128. The lowest BCUT2D eigenvalue weighted by Crippen LogP contribution is -2.37. The Hall–Kier alpha value is -2.08. The SMILES string of the molecule is CCN(Cc1noc(CC(C)C)n1)C(=O)C1=CC2=CC(Cl)=CCC2N1. The van der Waals surface area contributed by atoms with E-state index in [9.17, 15) is 4.79 Å². The lowest BCUT2D eigenvalue weighted by atomic mass is 10.0. The van der Waals surface area contributed by atoms with Crippen LogP contribution in [0.1, 0.15) is 38.9 Å². The van der Waals surface area contributed by atoms with Gasteiger partial charge in [-0.25, -0.2) is 0 Å². The van der Waals surface area contributed by atoms with E-state index in [0.717, 1.165) is 23.4 Å². The molecule has 1 aliphatic heterocycles. The van der Waals surface area contributed by atoms with Crippen LogP contribution >= 0.6 is 11.6 Å². The largest absolute Gasteiger partial charge is 0.373 e. The number of halogens is 1. The van der Waals surface area contributed by atoms with Gasteiger partial charge in [0.1, 0.15) is 5.70 Å². The molecule has 1 unspecified atom stereocenters. The summed E-state index contributed by atoms with van der Waals surface area (Å²) in [6, 6.07) is 0.128. The van der Waals surface area contributed by atoms with Crippen LogP contribution < -0.4 is 5.32 Å². The summed E-state index contributed by atoms with van der Waals surface area (Å²) in [5.74, 6) is 1.53. The molecule has 134 valence electrons. The zero-order valence-electron chi connectivity index (χ0n) is 14.8. The number of carbonyl (C=O) groups excluding carboxylic acids is 1. The van der Waals surface area contributed by atoms with E-state index in [2.05, 4.69) is 29.3 Å². The van der Waals surface area contributed by atoms with E-state index >= 15 is 0 Å². The third-order valence-electron chi connectivity index (χ3n) is 4.22. The molecule has 3 rings (SSSR count). The topological polar surface area (TPSA) is 71.3 Å². The van der Waals surface area contributed by atoms with Crippen LogP contribution in [0, 0.1) is 5.92 Å². The number of aromatic nitrogens is 2. The van der Waals surface area contributed by atoms with Gasteiger partial charge in [-0.15, -0.1) is 0 Å². The van der Waals surface area contributed by atoms with Crippen LogP contribution in [0.2, 0.25) is 0 Å². The number of nitrogens with zero attached hydrogens (tertiary/aromatic N) is 3. The van der Waals surface area contributed by atoms with Crippen LogP contribution in [0.3, 0.4) is 0 Å². The quantitative estimate of drug-likeness (QED) is 0.842. The first-order valence-electron chi connectivity index (χ1n) is 8.62. The van der Waals surface area contributed by atoms with Crippen molar-refractivity contribution in [2.24, 2.45) is 5.92 Å². The molecule has 0 saturated carbocycles. The van der Waals surface area contributed by atoms with E-state index in [1.807, 2.05) is 25.2 Å². The van der Waals surface area contributed by atoms with Gasteiger partial charge in [-0.05, 0) is 37.0 Å². The molecule has 0 saturated heterocycles. The van der Waals surface area contributed by atoms with Gasteiger partial charge in [0.2, 0.25) is 5.89 Å². The molecule has 1 amide bonds. The van der Waals surface area contributed by atoms with Crippen LogP contribution in [-0.2, 0) is 17.8 Å². The highest BCUT2D eigenvalue weighted by molar-refractivity contribution is 6.31. The maximum absolute atomic E-state index is 12.8. The van der Waals surface area contributed by atoms with E-state index in [4.69, 9.17) is 16.1 Å². The number of carbonyl (C=O) groups is 1. The summed E-state index contributed by atoms with van der Waals surface area (Å²) in [5.41, 5.74) is 1.63. The predicted octanol–water partition coefficient (Wildman–Crippen LogP) is 2.93. The minimum absolute atomic E-state index is 0.0656. The second-order valence-corrected chi connectivity index (χ2v) is 7.18. The van der Waals surface area contributed by atoms with Crippen LogP contribution in [0.4, 0.5) is 0 Å². The van der Waals surface area contributed by atoms with Crippen LogP contribution in [0.25, 0.3) is 0 Å². The van der Waals surface area contributed by atoms with E-state index < -0.39 is 0 Å². The van der Waals surface area contributed by atoms with Gasteiger partial charge in [-0.3, -0.25) is 4.79 Å². The summed E-state index contributed by atoms with van der Waals surface area (Å²) in [7, 11) is 0. The molecular weight excluding hydrogens is 340 g/mol. The molecule has 1 atom stereocenters. The van der Waals surface area contributed by atoms with Crippen molar-refractivity contribution in [1.29, 1.82) is 0 Å². The first-order chi connectivity index (χ1) is 12.0. The molecule has 7 heteroatoms. The molecule has 0 bridgehead atoms. The van der Waals surface area contributed by atoms with Gasteiger partial charge in [0.25, 0.3) is 5.91 Å². The van der Waals surface area contributed by atoms with Gasteiger partial charge in [0.15, 0.2) is 5.82 Å². The Balaban J connectivity index is 1.68. The average Bonchev–Trinajstić information content (AvgIpc) is 3.17. The maximum Gasteiger partial charge on any atom is 0.270 e. The third kappa shape index (κ3) is 4.12. The normalized spacial score (nSPS) is 19.1. The second kappa shape index (κ2) is 7.44. The number of likely N-dealkylation sites (N-methyl/N-ethyl adjacent to an activating group) is 1. The molecule has 25 heavy (non-hydrogen) atoms. The van der Waals surface area contributed by atoms with Gasteiger partial charge in [-0.2, -0.15) is 4.98 Å². The van der Waals surface area contributed by atoms with Crippen molar-refractivity contribution in [2.75, 3.05) is 6.54 Å². The Bertz CT molecular complexity index is 748. The zero-order valence-corrected chi connectivity index (χ0v) is 15.5. The number of fused-ring (bicyclic) bond motifs is 1. The highest BCUT2D eigenvalue weighted by Crippen LogP contribution is 2.27. The molecule has 0 aromatic carbocycles. The minimum Gasteiger partial charge on any atom is -0.373 e. The Morgan fingerprint density at radius 1 is 1.48 bits per heavy atom. The molecular formula is C18H23ClN4O2. The summed E-state index contributed by atoms with van der Waals surface area (Å²) < 4.78 is 5.26. The fourth-order valence-electron chi connectivity index (χ4n) is 2.94. The number of nitrogens with one attached hydrogen (secondary N) is 1. The van der Waals surface area contributed by atoms with E-state index in [0.29, 0.717) is 36.4 Å². The smallest absolute Gasteiger partial charge is 0.270 e. The van der Waals surface area contributed by atoms with Crippen LogP contribution in [-0.4, -0.2) is 33.5 Å². The molecule has 1 aromatic rings. The number of amides is 1. The van der Waals surface area contributed by atoms with Crippen molar-refractivity contribution in [1.82, 2.24) is 20.4 Å². The van der Waals surface area contributed by atoms with Crippen molar-refractivity contribution in [3.8, 4) is 0 Å². The molecule has 2 heterocycles. The Labute approximate surface area is 152 Å². The highest BCUT2D eigenvalue weighted by atomic mass is 35.5. The number of hydrogen-bond donors (Lipinski definition) is 1. The molecule has 1 N–H and O–H groups in total. The lowest BCUT2D eigenvalue weighted by Gasteiger charge is -2.21. The maximum atomic E-state index is 12.8. The zero-order chi connectivity index (χ0) is 18.0. The van der Waals surface area contributed by atoms with Gasteiger partial charge in [-0.1, -0.05) is 36.7 Å². The van der Waals surface area contributed by atoms with E-state index in [-0.39, 0.29) is 11.9 Å².